The maximum absolute atomic E-state index is 13.2. The zero-order valence-electron chi connectivity index (χ0n) is 26.3. The Morgan fingerprint density at radius 1 is 0.867 bits per heavy atom. The highest BCUT2D eigenvalue weighted by Gasteiger charge is 2.77. The molecule has 0 bridgehead atoms. The Hall–Kier alpha value is -3.23. The van der Waals surface area contributed by atoms with E-state index in [-0.39, 0.29) is 12.0 Å². The van der Waals surface area contributed by atoms with Gasteiger partial charge in [0.1, 0.15) is 36.6 Å². The number of ether oxygens (including phenoxy) is 7. The molecule has 0 spiro atoms. The summed E-state index contributed by atoms with van der Waals surface area (Å²) in [5, 5.41) is 11.4. The van der Waals surface area contributed by atoms with Gasteiger partial charge in [-0.25, -0.2) is 0 Å². The molecule has 0 aromatic carbocycles. The van der Waals surface area contributed by atoms with Crippen molar-refractivity contribution in [3.63, 3.8) is 0 Å². The maximum Gasteiger partial charge on any atom is 0.312 e. The minimum atomic E-state index is -2.47. The average molecular weight is 659 g/mol. The van der Waals surface area contributed by atoms with Crippen molar-refractivity contribution in [1.82, 2.24) is 0 Å². The van der Waals surface area contributed by atoms with Crippen molar-refractivity contribution in [2.24, 2.45) is 17.3 Å². The van der Waals surface area contributed by atoms with Crippen molar-refractivity contribution in [1.29, 1.82) is 0 Å². The van der Waals surface area contributed by atoms with Crippen LogP contribution < -0.4 is 0 Å². The van der Waals surface area contributed by atoms with E-state index in [4.69, 9.17) is 44.8 Å². The van der Waals surface area contributed by atoms with Gasteiger partial charge in [0.15, 0.2) is 17.3 Å². The fourth-order valence-electron chi connectivity index (χ4n) is 7.67. The molecule has 4 fully saturated rings. The van der Waals surface area contributed by atoms with Crippen LogP contribution in [0, 0.1) is 17.3 Å². The summed E-state index contributed by atoms with van der Waals surface area (Å²) in [7, 11) is 0. The predicted molar refractivity (Wildman–Crippen MR) is 150 cm³/mol. The Kier molecular flexibility index (Phi) is 9.12. The zero-order chi connectivity index (χ0) is 34.0. The van der Waals surface area contributed by atoms with E-state index in [9.17, 15) is 33.9 Å². The monoisotopic (exact) mass is 658 g/mol. The van der Waals surface area contributed by atoms with Crippen LogP contribution in [0.25, 0.3) is 0 Å². The van der Waals surface area contributed by atoms with Gasteiger partial charge < -0.3 is 38.3 Å². The van der Waals surface area contributed by atoms with Crippen molar-refractivity contribution in [2.75, 3.05) is 0 Å². The molecular formula is C30H39ClO14. The fourth-order valence-corrected chi connectivity index (χ4v) is 8.04. The molecule has 250 valence electrons. The van der Waals surface area contributed by atoms with Gasteiger partial charge >= 0.3 is 35.8 Å². The molecule has 2 aliphatic carbocycles. The third-order valence-electron chi connectivity index (χ3n) is 9.54. The Morgan fingerprint density at radius 2 is 1.38 bits per heavy atom. The van der Waals surface area contributed by atoms with E-state index in [1.165, 1.54) is 20.8 Å². The van der Waals surface area contributed by atoms with Crippen LogP contribution in [0.15, 0.2) is 12.2 Å². The molecule has 0 amide bonds. The molecule has 4 rings (SSSR count). The predicted octanol–water partition coefficient (Wildman–Crippen LogP) is 1.30. The number of alkyl halides is 1. The van der Waals surface area contributed by atoms with Gasteiger partial charge in [0.25, 0.3) is 0 Å². The second-order valence-electron chi connectivity index (χ2n) is 12.6. The molecule has 0 aromatic rings. The average Bonchev–Trinajstić information content (AvgIpc) is 3.65. The third kappa shape index (κ3) is 5.69. The summed E-state index contributed by atoms with van der Waals surface area (Å²) in [6, 6.07) is 0. The summed E-state index contributed by atoms with van der Waals surface area (Å²) < 4.78 is 40.8. The Balaban J connectivity index is 2.17. The van der Waals surface area contributed by atoms with Crippen molar-refractivity contribution < 1.29 is 67.0 Å². The largest absolute Gasteiger partial charge is 0.462 e. The van der Waals surface area contributed by atoms with Gasteiger partial charge in [-0.05, 0) is 19.4 Å². The number of carbonyl (C=O) groups excluding carboxylic acids is 6. The van der Waals surface area contributed by atoms with Gasteiger partial charge in [0.05, 0.1) is 22.6 Å². The summed E-state index contributed by atoms with van der Waals surface area (Å²) in [5.41, 5.74) is -6.06. The number of hydrogen-bond acceptors (Lipinski definition) is 14. The number of epoxide rings is 1. The SMILES string of the molecule is C=C1[C@H]2O[C@H]2[C@H](OC(C)=O)[C@@]2(C)[C@@H](OC(C)=O)C[C@@H](OC(C)=O)[C@@](C)(OC(C)=O)[C@@H]2[C@@H](OC(C)=O)[C@]2(O)[C@@H](C)C(=O)O[C@H]2[C@H]1Cl. The number of esters is 6. The first kappa shape index (κ1) is 34.6. The minimum absolute atomic E-state index is 0.174. The Morgan fingerprint density at radius 3 is 1.89 bits per heavy atom. The Bertz CT molecular complexity index is 1320. The standard InChI is InChI=1S/C30H39ClO14/c1-11-20(31)24-30(38,12(2)27(37)44-24)26(42-16(6)35)23-28(8,25(41-15(5)34)22-21(11)43-22)18(39-13(3)32)10-19(40-14(4)33)29(23,9)45-17(7)36/h12,18-26,38H,1,10H2,2-9H3/t12-,18-,19+,20-,21+,22+,23+,24-,25-,26+,28-,29+,30-/m0/s1. The van der Waals surface area contributed by atoms with Gasteiger partial charge in [-0.15, -0.1) is 11.6 Å². The van der Waals surface area contributed by atoms with Crippen LogP contribution in [0.2, 0.25) is 0 Å². The topological polar surface area (TPSA) is 191 Å². The Labute approximate surface area is 264 Å². The third-order valence-corrected chi connectivity index (χ3v) is 10.1. The lowest BCUT2D eigenvalue weighted by Crippen LogP contribution is -2.76. The minimum Gasteiger partial charge on any atom is -0.462 e. The van der Waals surface area contributed by atoms with Gasteiger partial charge in [-0.1, -0.05) is 13.5 Å². The van der Waals surface area contributed by atoms with Crippen LogP contribution in [0.5, 0.6) is 0 Å². The van der Waals surface area contributed by atoms with E-state index in [1.54, 1.807) is 0 Å². The molecule has 2 heterocycles. The van der Waals surface area contributed by atoms with Crippen molar-refractivity contribution in [3.05, 3.63) is 12.2 Å². The summed E-state index contributed by atoms with van der Waals surface area (Å²) in [6.07, 6.45) is -9.64. The lowest BCUT2D eigenvalue weighted by Gasteiger charge is -2.61. The molecule has 15 heteroatoms. The molecule has 0 unspecified atom stereocenters. The van der Waals surface area contributed by atoms with E-state index >= 15 is 0 Å². The van der Waals surface area contributed by atoms with Gasteiger partial charge in [0.2, 0.25) is 0 Å². The molecule has 13 atom stereocenters. The summed E-state index contributed by atoms with van der Waals surface area (Å²) in [5.74, 6) is -7.99. The van der Waals surface area contributed by atoms with E-state index in [1.807, 2.05) is 0 Å². The van der Waals surface area contributed by atoms with Crippen LogP contribution in [0.1, 0.15) is 61.8 Å². The van der Waals surface area contributed by atoms with Gasteiger partial charge in [-0.2, -0.15) is 0 Å². The lowest BCUT2D eigenvalue weighted by atomic mass is 9.50. The van der Waals surface area contributed by atoms with Crippen LogP contribution in [-0.4, -0.2) is 100 Å². The molecule has 2 saturated heterocycles. The van der Waals surface area contributed by atoms with E-state index in [0.717, 1.165) is 34.6 Å². The first-order valence-corrected chi connectivity index (χ1v) is 14.9. The van der Waals surface area contributed by atoms with Gasteiger partial charge in [-0.3, -0.25) is 28.8 Å². The van der Waals surface area contributed by atoms with Crippen molar-refractivity contribution in [2.45, 2.75) is 121 Å². The normalized spacial score (nSPS) is 43.7. The quantitative estimate of drug-likeness (QED) is 0.146. The highest BCUT2D eigenvalue weighted by atomic mass is 35.5. The highest BCUT2D eigenvalue weighted by molar-refractivity contribution is 6.23. The molecule has 2 saturated carbocycles. The highest BCUT2D eigenvalue weighted by Crippen LogP contribution is 2.62. The molecule has 0 aromatic heterocycles. The summed E-state index contributed by atoms with van der Waals surface area (Å²) >= 11 is 6.84. The molecule has 2 aliphatic heterocycles. The molecule has 14 nitrogen and oxygen atoms in total. The lowest BCUT2D eigenvalue weighted by molar-refractivity contribution is -0.296. The van der Waals surface area contributed by atoms with E-state index in [2.05, 4.69) is 6.58 Å². The van der Waals surface area contributed by atoms with Crippen LogP contribution in [-0.2, 0) is 61.9 Å². The molecule has 45 heavy (non-hydrogen) atoms. The van der Waals surface area contributed by atoms with Crippen molar-refractivity contribution in [3.8, 4) is 0 Å². The number of rotatable bonds is 5. The first-order chi connectivity index (χ1) is 20.7. The summed E-state index contributed by atoms with van der Waals surface area (Å²) in [4.78, 5) is 76.6. The maximum atomic E-state index is 13.2. The fraction of sp³-hybridized carbons (Fsp3) is 0.733. The first-order valence-electron chi connectivity index (χ1n) is 14.5. The second-order valence-corrected chi connectivity index (χ2v) is 13.0. The van der Waals surface area contributed by atoms with E-state index < -0.39 is 112 Å². The number of aliphatic hydroxyl groups is 1. The molecule has 0 radical (unpaired) electrons. The zero-order valence-corrected chi connectivity index (χ0v) is 27.1. The summed E-state index contributed by atoms with van der Waals surface area (Å²) in [6.45, 7) is 13.8. The van der Waals surface area contributed by atoms with Crippen LogP contribution in [0.4, 0.5) is 0 Å². The molecule has 1 N–H and O–H groups in total. The van der Waals surface area contributed by atoms with Crippen LogP contribution in [0.3, 0.4) is 0 Å². The number of halogens is 1. The van der Waals surface area contributed by atoms with Crippen molar-refractivity contribution >= 4 is 47.4 Å². The van der Waals surface area contributed by atoms with E-state index in [0.29, 0.717) is 0 Å². The number of fused-ring (bicyclic) bond motifs is 3. The van der Waals surface area contributed by atoms with Gasteiger partial charge in [0, 0.05) is 41.0 Å². The number of hydrogen-bond donors (Lipinski definition) is 1. The number of carbonyl (C=O) groups is 6. The smallest absolute Gasteiger partial charge is 0.312 e. The molecule has 4 aliphatic rings. The van der Waals surface area contributed by atoms with Crippen LogP contribution >= 0.6 is 11.6 Å². The second kappa shape index (κ2) is 11.8. The molecular weight excluding hydrogens is 620 g/mol.